The molecule has 1 aromatic heterocycles. The molecule has 1 saturated heterocycles. The molecular formula is C25H26Cl2N4O3. The van der Waals surface area contributed by atoms with Crippen molar-refractivity contribution in [3.05, 3.63) is 33.9 Å². The predicted molar refractivity (Wildman–Crippen MR) is 129 cm³/mol. The lowest BCUT2D eigenvalue weighted by atomic mass is 9.67. The number of nitrogens with zero attached hydrogens (tertiary/aromatic N) is 2. The number of aromatic nitrogens is 1. The largest absolute Gasteiger partial charge is 0.349 e. The van der Waals surface area contributed by atoms with Crippen LogP contribution in [-0.2, 0) is 9.59 Å². The summed E-state index contributed by atoms with van der Waals surface area (Å²) < 4.78 is 0. The van der Waals surface area contributed by atoms with E-state index in [1.165, 1.54) is 0 Å². The molecule has 34 heavy (non-hydrogen) atoms. The molecule has 1 spiro atoms. The van der Waals surface area contributed by atoms with Gasteiger partial charge in [0.15, 0.2) is 0 Å². The van der Waals surface area contributed by atoms with Crippen molar-refractivity contribution in [2.75, 3.05) is 6.54 Å². The lowest BCUT2D eigenvalue weighted by Crippen LogP contribution is -2.49. The van der Waals surface area contributed by atoms with Crippen LogP contribution in [0, 0.1) is 22.7 Å². The Balaban J connectivity index is 1.36. The second kappa shape index (κ2) is 8.90. The molecule has 1 aromatic carbocycles. The molecular weight excluding hydrogens is 475 g/mol. The number of nitrogens with one attached hydrogen (secondary N) is 2. The van der Waals surface area contributed by atoms with Gasteiger partial charge in [-0.3, -0.25) is 14.4 Å². The summed E-state index contributed by atoms with van der Waals surface area (Å²) in [6, 6.07) is 5.93. The smallest absolute Gasteiger partial charge is 0.271 e. The van der Waals surface area contributed by atoms with Gasteiger partial charge >= 0.3 is 0 Å². The third-order valence-corrected chi connectivity index (χ3v) is 8.63. The van der Waals surface area contributed by atoms with Crippen molar-refractivity contribution in [2.24, 2.45) is 11.3 Å². The topological polar surface area (TPSA) is 106 Å². The van der Waals surface area contributed by atoms with Crippen LogP contribution in [-0.4, -0.2) is 46.1 Å². The maximum absolute atomic E-state index is 13.6. The number of hydrogen-bond donors (Lipinski definition) is 2. The molecule has 0 bridgehead atoms. The van der Waals surface area contributed by atoms with Gasteiger partial charge in [0, 0.05) is 24.3 Å². The number of H-pyrrole nitrogens is 1. The van der Waals surface area contributed by atoms with E-state index in [0.717, 1.165) is 37.5 Å². The first-order valence-corrected chi connectivity index (χ1v) is 12.6. The average Bonchev–Trinajstić information content (AvgIpc) is 3.52. The maximum atomic E-state index is 13.6. The number of rotatable bonds is 5. The fraction of sp³-hybridized carbons (Fsp3) is 0.520. The quantitative estimate of drug-likeness (QED) is 0.623. The fourth-order valence-corrected chi connectivity index (χ4v) is 6.16. The number of carbonyl (C=O) groups is 3. The third kappa shape index (κ3) is 4.08. The summed E-state index contributed by atoms with van der Waals surface area (Å²) in [6.45, 7) is 0.506. The minimum atomic E-state index is -0.747. The Kier molecular flexibility index (Phi) is 6.07. The molecule has 3 atom stereocenters. The molecule has 0 radical (unpaired) electrons. The molecule has 178 valence electrons. The Labute approximate surface area is 207 Å². The van der Waals surface area contributed by atoms with Crippen LogP contribution in [0.15, 0.2) is 18.2 Å². The number of aromatic amines is 1. The number of halogens is 2. The predicted octanol–water partition coefficient (Wildman–Crippen LogP) is 4.63. The van der Waals surface area contributed by atoms with Gasteiger partial charge in [0.25, 0.3) is 5.91 Å². The highest BCUT2D eigenvalue weighted by Gasteiger charge is 2.52. The van der Waals surface area contributed by atoms with Gasteiger partial charge < -0.3 is 15.2 Å². The molecule has 9 heteroatoms. The zero-order valence-electron chi connectivity index (χ0n) is 18.7. The minimum Gasteiger partial charge on any atom is -0.349 e. The molecule has 2 heterocycles. The van der Waals surface area contributed by atoms with Crippen molar-refractivity contribution in [3.63, 3.8) is 0 Å². The summed E-state index contributed by atoms with van der Waals surface area (Å²) in [4.78, 5) is 43.6. The summed E-state index contributed by atoms with van der Waals surface area (Å²) in [5, 5.41) is 14.0. The zero-order chi connectivity index (χ0) is 24.0. The normalized spacial score (nSPS) is 24.3. The van der Waals surface area contributed by atoms with E-state index in [2.05, 4.69) is 16.4 Å². The van der Waals surface area contributed by atoms with Gasteiger partial charge in [-0.05, 0) is 56.1 Å². The molecule has 7 nitrogen and oxygen atoms in total. The Morgan fingerprint density at radius 1 is 1.29 bits per heavy atom. The second-order valence-corrected chi connectivity index (χ2v) is 10.8. The van der Waals surface area contributed by atoms with Crippen molar-refractivity contribution in [1.82, 2.24) is 15.2 Å². The summed E-state index contributed by atoms with van der Waals surface area (Å²) in [7, 11) is 0. The number of Topliss-reactive ketones (excluding diaryl/α,β-unsaturated/α-hetero) is 1. The maximum Gasteiger partial charge on any atom is 0.271 e. The van der Waals surface area contributed by atoms with Crippen molar-refractivity contribution >= 4 is 51.7 Å². The third-order valence-electron chi connectivity index (χ3n) is 7.83. The second-order valence-electron chi connectivity index (χ2n) is 10.00. The molecule has 1 unspecified atom stereocenters. The number of benzene rings is 1. The highest BCUT2D eigenvalue weighted by atomic mass is 35.5. The minimum absolute atomic E-state index is 0.0474. The van der Waals surface area contributed by atoms with Gasteiger partial charge in [-0.1, -0.05) is 35.7 Å². The molecule has 2 aromatic rings. The van der Waals surface area contributed by atoms with Crippen molar-refractivity contribution < 1.29 is 14.4 Å². The van der Waals surface area contributed by atoms with Crippen LogP contribution >= 0.6 is 23.2 Å². The summed E-state index contributed by atoms with van der Waals surface area (Å²) in [5.41, 5.74) is 0.886. The SMILES string of the molecule is N#C[C@H](C[C@@H]1CCCC1=O)NC(=O)C1CC2(CCC2)CN1C(=O)c1cc2ccc(Cl)c(Cl)c2[nH]1. The first kappa shape index (κ1) is 23.2. The van der Waals surface area contributed by atoms with Crippen molar-refractivity contribution in [3.8, 4) is 6.07 Å². The van der Waals surface area contributed by atoms with Crippen LogP contribution in [0.2, 0.25) is 10.0 Å². The standard InChI is InChI=1S/C25H26Cl2N4O3/c26-17-6-5-15-10-18(30-22(15)21(17)27)24(34)31-13-25(7-2-8-25)11-19(31)23(33)29-16(12-28)9-14-3-1-4-20(14)32/h5-6,10,14,16,19,30H,1-4,7-9,11,13H2,(H,29,33)/t14-,16-,19?/m0/s1. The number of ketones is 1. The molecule has 2 aliphatic carbocycles. The number of carbonyl (C=O) groups excluding carboxylic acids is 3. The van der Waals surface area contributed by atoms with Crippen LogP contribution in [0.4, 0.5) is 0 Å². The van der Waals surface area contributed by atoms with Gasteiger partial charge in [0.2, 0.25) is 5.91 Å². The zero-order valence-corrected chi connectivity index (χ0v) is 20.2. The Morgan fingerprint density at radius 3 is 2.74 bits per heavy atom. The van der Waals surface area contributed by atoms with Crippen LogP contribution in [0.1, 0.15) is 61.9 Å². The lowest BCUT2D eigenvalue weighted by molar-refractivity contribution is -0.126. The van der Waals surface area contributed by atoms with E-state index in [4.69, 9.17) is 23.2 Å². The summed E-state index contributed by atoms with van der Waals surface area (Å²) in [6.07, 6.45) is 6.09. The Bertz CT molecular complexity index is 1210. The van der Waals surface area contributed by atoms with E-state index < -0.39 is 12.1 Å². The number of amides is 2. The molecule has 3 fully saturated rings. The van der Waals surface area contributed by atoms with E-state index in [-0.39, 0.29) is 28.9 Å². The van der Waals surface area contributed by atoms with Crippen molar-refractivity contribution in [2.45, 2.75) is 63.5 Å². The van der Waals surface area contributed by atoms with Gasteiger partial charge in [0.05, 0.1) is 21.6 Å². The first-order valence-electron chi connectivity index (χ1n) is 11.8. The highest BCUT2D eigenvalue weighted by molar-refractivity contribution is 6.45. The van der Waals surface area contributed by atoms with E-state index in [1.54, 1.807) is 23.1 Å². The summed E-state index contributed by atoms with van der Waals surface area (Å²) >= 11 is 12.4. The molecule has 3 aliphatic rings. The van der Waals surface area contributed by atoms with Crippen LogP contribution < -0.4 is 5.32 Å². The van der Waals surface area contributed by atoms with Crippen LogP contribution in [0.25, 0.3) is 10.9 Å². The van der Waals surface area contributed by atoms with E-state index in [9.17, 15) is 19.6 Å². The van der Waals surface area contributed by atoms with Gasteiger partial charge in [0.1, 0.15) is 23.6 Å². The Hall–Kier alpha value is -2.56. The fourth-order valence-electron chi connectivity index (χ4n) is 5.79. The van der Waals surface area contributed by atoms with E-state index in [0.29, 0.717) is 47.1 Å². The molecule has 2 amide bonds. The van der Waals surface area contributed by atoms with Gasteiger partial charge in [-0.15, -0.1) is 0 Å². The number of hydrogen-bond acceptors (Lipinski definition) is 4. The summed E-state index contributed by atoms with van der Waals surface area (Å²) in [5.74, 6) is -0.608. The van der Waals surface area contributed by atoms with Gasteiger partial charge in [-0.2, -0.15) is 5.26 Å². The lowest BCUT2D eigenvalue weighted by Gasteiger charge is -2.37. The van der Waals surface area contributed by atoms with E-state index in [1.807, 2.05) is 0 Å². The highest BCUT2D eigenvalue weighted by Crippen LogP contribution is 2.50. The van der Waals surface area contributed by atoms with E-state index >= 15 is 0 Å². The molecule has 2 N–H and O–H groups in total. The van der Waals surface area contributed by atoms with Crippen LogP contribution in [0.3, 0.4) is 0 Å². The monoisotopic (exact) mass is 500 g/mol. The number of fused-ring (bicyclic) bond motifs is 1. The van der Waals surface area contributed by atoms with Crippen LogP contribution in [0.5, 0.6) is 0 Å². The molecule has 1 aliphatic heterocycles. The average molecular weight is 501 g/mol. The molecule has 2 saturated carbocycles. The molecule has 5 rings (SSSR count). The first-order chi connectivity index (χ1) is 16.3. The number of nitriles is 1. The van der Waals surface area contributed by atoms with Crippen molar-refractivity contribution in [1.29, 1.82) is 5.26 Å². The van der Waals surface area contributed by atoms with Gasteiger partial charge in [-0.25, -0.2) is 0 Å². The Morgan fingerprint density at radius 2 is 2.09 bits per heavy atom. The number of likely N-dealkylation sites (tertiary alicyclic amines) is 1.